The number of pyridine rings is 1. The molecule has 1 aliphatic heterocycles. The van der Waals surface area contributed by atoms with E-state index >= 15 is 0 Å². The summed E-state index contributed by atoms with van der Waals surface area (Å²) in [4.78, 5) is 16.4. The summed E-state index contributed by atoms with van der Waals surface area (Å²) < 4.78 is 16.5. The topological polar surface area (TPSA) is 69.7 Å². The van der Waals surface area contributed by atoms with Crippen molar-refractivity contribution in [3.63, 3.8) is 0 Å². The van der Waals surface area contributed by atoms with Gasteiger partial charge in [-0.15, -0.1) is 0 Å². The van der Waals surface area contributed by atoms with Gasteiger partial charge in [0.2, 0.25) is 0 Å². The normalized spacial score (nSPS) is 16.8. The minimum atomic E-state index is -0.488. The average Bonchev–Trinajstić information content (AvgIpc) is 2.72. The first-order valence-electron chi connectivity index (χ1n) is 9.81. The number of aromatic nitrogens is 1. The minimum Gasteiger partial charge on any atom is -0.493 e. The van der Waals surface area contributed by atoms with Crippen molar-refractivity contribution in [1.82, 2.24) is 10.3 Å². The van der Waals surface area contributed by atoms with Crippen LogP contribution in [0.2, 0.25) is 5.02 Å². The second kappa shape index (κ2) is 9.94. The standard InChI is InChI=1S/C21H27ClN2O4/c1-3-27-21(25)16-13-24-17-11-19(18(26-2)10-15(17)20(16)22)28-9-5-7-14-6-4-8-23-12-14/h10-11,13-14,23H,3-9,12H2,1-2H3. The van der Waals surface area contributed by atoms with Crippen molar-refractivity contribution < 1.29 is 19.0 Å². The first-order valence-corrected chi connectivity index (χ1v) is 10.2. The number of nitrogens with one attached hydrogen (secondary N) is 1. The Morgan fingerprint density at radius 2 is 2.21 bits per heavy atom. The molecule has 7 heteroatoms. The summed E-state index contributed by atoms with van der Waals surface area (Å²) in [7, 11) is 1.58. The van der Waals surface area contributed by atoms with E-state index in [-0.39, 0.29) is 12.2 Å². The smallest absolute Gasteiger partial charge is 0.341 e. The first-order chi connectivity index (χ1) is 13.6. The molecule has 1 saturated heterocycles. The molecule has 0 saturated carbocycles. The highest BCUT2D eigenvalue weighted by Crippen LogP contribution is 2.36. The van der Waals surface area contributed by atoms with Crippen LogP contribution in [0.3, 0.4) is 0 Å². The van der Waals surface area contributed by atoms with Crippen LogP contribution < -0.4 is 14.8 Å². The van der Waals surface area contributed by atoms with E-state index in [1.54, 1.807) is 26.2 Å². The van der Waals surface area contributed by atoms with Crippen LogP contribution in [0, 0.1) is 5.92 Å². The molecule has 1 atom stereocenters. The van der Waals surface area contributed by atoms with E-state index in [9.17, 15) is 4.79 Å². The number of methoxy groups -OCH3 is 1. The van der Waals surface area contributed by atoms with Crippen molar-refractivity contribution >= 4 is 28.5 Å². The molecule has 0 spiro atoms. The van der Waals surface area contributed by atoms with Crippen LogP contribution in [0.5, 0.6) is 11.5 Å². The number of carbonyl (C=O) groups excluding carboxylic acids is 1. The van der Waals surface area contributed by atoms with Gasteiger partial charge in [0.05, 0.1) is 36.4 Å². The lowest BCUT2D eigenvalue weighted by atomic mass is 9.95. The van der Waals surface area contributed by atoms with Crippen molar-refractivity contribution in [3.8, 4) is 11.5 Å². The molecule has 28 heavy (non-hydrogen) atoms. The molecule has 1 aromatic carbocycles. The number of fused-ring (bicyclic) bond motifs is 1. The largest absolute Gasteiger partial charge is 0.493 e. The fourth-order valence-corrected chi connectivity index (χ4v) is 3.79. The van der Waals surface area contributed by atoms with E-state index in [0.717, 1.165) is 31.8 Å². The highest BCUT2D eigenvalue weighted by molar-refractivity contribution is 6.38. The van der Waals surface area contributed by atoms with Crippen LogP contribution in [0.1, 0.15) is 43.0 Å². The number of halogens is 1. The Kier molecular flexibility index (Phi) is 7.34. The fourth-order valence-electron chi connectivity index (χ4n) is 3.52. The Morgan fingerprint density at radius 3 is 2.93 bits per heavy atom. The van der Waals surface area contributed by atoms with Gasteiger partial charge >= 0.3 is 5.97 Å². The molecular weight excluding hydrogens is 380 g/mol. The van der Waals surface area contributed by atoms with E-state index in [4.69, 9.17) is 25.8 Å². The number of carbonyl (C=O) groups is 1. The fraction of sp³-hybridized carbons (Fsp3) is 0.524. The van der Waals surface area contributed by atoms with Gasteiger partial charge in [-0.25, -0.2) is 4.79 Å². The number of ether oxygens (including phenoxy) is 3. The van der Waals surface area contributed by atoms with Gasteiger partial charge < -0.3 is 19.5 Å². The van der Waals surface area contributed by atoms with Gasteiger partial charge in [-0.1, -0.05) is 11.6 Å². The number of rotatable bonds is 8. The molecule has 0 amide bonds. The summed E-state index contributed by atoms with van der Waals surface area (Å²) in [5.74, 6) is 1.44. The van der Waals surface area contributed by atoms with Crippen molar-refractivity contribution in [3.05, 3.63) is 28.9 Å². The second-order valence-corrected chi connectivity index (χ2v) is 7.31. The first kappa shape index (κ1) is 20.7. The van der Waals surface area contributed by atoms with E-state index in [1.165, 1.54) is 19.0 Å². The number of piperidine rings is 1. The highest BCUT2D eigenvalue weighted by atomic mass is 35.5. The van der Waals surface area contributed by atoms with Crippen molar-refractivity contribution in [2.24, 2.45) is 5.92 Å². The second-order valence-electron chi connectivity index (χ2n) is 6.93. The van der Waals surface area contributed by atoms with Gasteiger partial charge in [0.25, 0.3) is 0 Å². The van der Waals surface area contributed by atoms with Gasteiger partial charge in [-0.05, 0) is 57.7 Å². The van der Waals surface area contributed by atoms with Gasteiger partial charge in [-0.3, -0.25) is 4.98 Å². The molecule has 0 radical (unpaired) electrons. The Bertz CT molecular complexity index is 822. The zero-order valence-electron chi connectivity index (χ0n) is 16.4. The summed E-state index contributed by atoms with van der Waals surface area (Å²) in [5.41, 5.74) is 0.887. The lowest BCUT2D eigenvalue weighted by Gasteiger charge is -2.22. The van der Waals surface area contributed by atoms with Gasteiger partial charge in [-0.2, -0.15) is 0 Å². The zero-order chi connectivity index (χ0) is 19.9. The summed E-state index contributed by atoms with van der Waals surface area (Å²) >= 11 is 6.42. The van der Waals surface area contributed by atoms with Crippen LogP contribution in [-0.4, -0.2) is 44.4 Å². The summed E-state index contributed by atoms with van der Waals surface area (Å²) in [6.45, 7) is 4.88. The number of nitrogens with zero attached hydrogens (tertiary/aromatic N) is 1. The molecular formula is C21H27ClN2O4. The Morgan fingerprint density at radius 1 is 1.36 bits per heavy atom. The number of hydrogen-bond acceptors (Lipinski definition) is 6. The highest BCUT2D eigenvalue weighted by Gasteiger charge is 2.18. The van der Waals surface area contributed by atoms with E-state index in [2.05, 4.69) is 10.3 Å². The van der Waals surface area contributed by atoms with E-state index < -0.39 is 5.97 Å². The monoisotopic (exact) mass is 406 g/mol. The maximum atomic E-state index is 12.0. The minimum absolute atomic E-state index is 0.243. The molecule has 2 aromatic rings. The van der Waals surface area contributed by atoms with Crippen molar-refractivity contribution in [2.75, 3.05) is 33.4 Å². The maximum absolute atomic E-state index is 12.0. The quantitative estimate of drug-likeness (QED) is 0.522. The van der Waals surface area contributed by atoms with Crippen LogP contribution in [0.4, 0.5) is 0 Å². The molecule has 6 nitrogen and oxygen atoms in total. The third-order valence-corrected chi connectivity index (χ3v) is 5.40. The molecule has 152 valence electrons. The summed E-state index contributed by atoms with van der Waals surface area (Å²) in [6.07, 6.45) is 6.12. The van der Waals surface area contributed by atoms with Crippen LogP contribution in [0.25, 0.3) is 10.9 Å². The van der Waals surface area contributed by atoms with Gasteiger partial charge in [0, 0.05) is 17.6 Å². The lowest BCUT2D eigenvalue weighted by molar-refractivity contribution is 0.0526. The maximum Gasteiger partial charge on any atom is 0.341 e. The Labute approximate surface area is 170 Å². The molecule has 3 rings (SSSR count). The summed E-state index contributed by atoms with van der Waals surface area (Å²) in [6, 6.07) is 3.56. The molecule has 0 bridgehead atoms. The molecule has 1 aromatic heterocycles. The van der Waals surface area contributed by atoms with Crippen molar-refractivity contribution in [1.29, 1.82) is 0 Å². The molecule has 0 aliphatic carbocycles. The van der Waals surface area contributed by atoms with Gasteiger partial charge in [0.15, 0.2) is 11.5 Å². The van der Waals surface area contributed by atoms with Crippen molar-refractivity contribution in [2.45, 2.75) is 32.6 Å². The predicted molar refractivity (Wildman–Crippen MR) is 110 cm³/mol. The van der Waals surface area contributed by atoms with Gasteiger partial charge in [0.1, 0.15) is 0 Å². The van der Waals surface area contributed by atoms with E-state index in [1.807, 2.05) is 0 Å². The third-order valence-electron chi connectivity index (χ3n) is 5.00. The number of esters is 1. The van der Waals surface area contributed by atoms with Crippen LogP contribution in [0.15, 0.2) is 18.3 Å². The molecule has 1 fully saturated rings. The number of hydrogen-bond donors (Lipinski definition) is 1. The molecule has 1 N–H and O–H groups in total. The van der Waals surface area contributed by atoms with Crippen LogP contribution >= 0.6 is 11.6 Å². The van der Waals surface area contributed by atoms with E-state index in [0.29, 0.717) is 34.0 Å². The zero-order valence-corrected chi connectivity index (χ0v) is 17.2. The summed E-state index contributed by atoms with van der Waals surface area (Å²) in [5, 5.41) is 4.38. The van der Waals surface area contributed by atoms with Crippen LogP contribution in [-0.2, 0) is 4.74 Å². The molecule has 2 heterocycles. The molecule has 1 aliphatic rings. The number of benzene rings is 1. The molecule has 1 unspecified atom stereocenters. The Balaban J connectivity index is 1.72. The third kappa shape index (κ3) is 4.86. The SMILES string of the molecule is CCOC(=O)c1cnc2cc(OCCCC3CCCNC3)c(OC)cc2c1Cl. The Hall–Kier alpha value is -2.05. The predicted octanol–water partition coefficient (Wildman–Crippen LogP) is 4.23. The average molecular weight is 407 g/mol. The lowest BCUT2D eigenvalue weighted by Crippen LogP contribution is -2.29.